The number of phenols is 1. The Hall–Kier alpha value is -3.48. The van der Waals surface area contributed by atoms with Gasteiger partial charge < -0.3 is 15.2 Å². The number of nitrogens with zero attached hydrogens (tertiary/aromatic N) is 1. The fraction of sp³-hybridized carbons (Fsp3) is 0. The Bertz CT molecular complexity index is 1530. The van der Waals surface area contributed by atoms with Gasteiger partial charge >= 0.3 is 6.09 Å². The van der Waals surface area contributed by atoms with Crippen molar-refractivity contribution in [3.8, 4) is 5.75 Å². The molecule has 8 heteroatoms. The maximum Gasteiger partial charge on any atom is 0.416 e. The molecule has 1 amide bonds. The van der Waals surface area contributed by atoms with Gasteiger partial charge in [-0.15, -0.1) is 0 Å². The number of nitrogens with one attached hydrogen (secondary N) is 1. The van der Waals surface area contributed by atoms with Gasteiger partial charge in [-0.2, -0.15) is 0 Å². The zero-order valence-corrected chi connectivity index (χ0v) is 17.2. The van der Waals surface area contributed by atoms with Crippen molar-refractivity contribution in [3.63, 3.8) is 0 Å². The number of aromatic nitrogens is 1. The Kier molecular flexibility index (Phi) is 4.43. The lowest BCUT2D eigenvalue weighted by Gasteiger charge is -2.21. The van der Waals surface area contributed by atoms with Gasteiger partial charge in [-0.3, -0.25) is 0 Å². The number of H-pyrrole nitrogens is 1. The molecule has 154 valence electrons. The summed E-state index contributed by atoms with van der Waals surface area (Å²) in [5.41, 5.74) is 1.82. The second kappa shape index (κ2) is 7.04. The number of rotatable bonds is 2. The molecule has 3 N–H and O–H groups in total. The van der Waals surface area contributed by atoms with Crippen LogP contribution in [0, 0.1) is 5.82 Å². The molecule has 0 atom stereocenters. The van der Waals surface area contributed by atoms with E-state index < -0.39 is 11.9 Å². The Morgan fingerprint density at radius 3 is 2.48 bits per heavy atom. The van der Waals surface area contributed by atoms with E-state index in [0.29, 0.717) is 15.8 Å². The van der Waals surface area contributed by atoms with E-state index in [4.69, 9.17) is 23.2 Å². The molecule has 0 aliphatic heterocycles. The number of hydrogen-bond acceptors (Lipinski definition) is 2. The van der Waals surface area contributed by atoms with E-state index in [0.717, 1.165) is 32.8 Å². The Balaban J connectivity index is 1.75. The van der Waals surface area contributed by atoms with Crippen molar-refractivity contribution in [2.24, 2.45) is 0 Å². The predicted molar refractivity (Wildman–Crippen MR) is 122 cm³/mol. The van der Waals surface area contributed by atoms with Crippen LogP contribution in [0.1, 0.15) is 0 Å². The molecular weight excluding hydrogens is 442 g/mol. The van der Waals surface area contributed by atoms with Gasteiger partial charge in [-0.05, 0) is 53.9 Å². The van der Waals surface area contributed by atoms with Crippen molar-refractivity contribution < 1.29 is 19.4 Å². The van der Waals surface area contributed by atoms with E-state index >= 15 is 0 Å². The number of anilines is 2. The molecule has 1 heterocycles. The lowest BCUT2D eigenvalue weighted by Crippen LogP contribution is -2.23. The molecule has 5 rings (SSSR count). The summed E-state index contributed by atoms with van der Waals surface area (Å²) in [6.45, 7) is 0. The van der Waals surface area contributed by atoms with Gasteiger partial charge in [0.1, 0.15) is 11.6 Å². The smallest absolute Gasteiger partial charge is 0.416 e. The molecule has 4 aromatic carbocycles. The third-order valence-corrected chi connectivity index (χ3v) is 5.76. The van der Waals surface area contributed by atoms with Gasteiger partial charge in [-0.25, -0.2) is 14.1 Å². The number of carbonyl (C=O) groups is 1. The Morgan fingerprint density at radius 1 is 0.935 bits per heavy atom. The molecule has 1 aromatic heterocycles. The lowest BCUT2D eigenvalue weighted by molar-refractivity contribution is 0.204. The van der Waals surface area contributed by atoms with E-state index in [-0.39, 0.29) is 22.1 Å². The first-order valence-corrected chi connectivity index (χ1v) is 9.94. The van der Waals surface area contributed by atoms with Gasteiger partial charge in [0, 0.05) is 26.7 Å². The highest BCUT2D eigenvalue weighted by Crippen LogP contribution is 2.40. The normalized spacial score (nSPS) is 11.5. The topological polar surface area (TPSA) is 76.6 Å². The van der Waals surface area contributed by atoms with Crippen molar-refractivity contribution in [1.82, 2.24) is 4.98 Å². The van der Waals surface area contributed by atoms with Crippen LogP contribution in [-0.2, 0) is 0 Å². The molecule has 0 fully saturated rings. The monoisotopic (exact) mass is 454 g/mol. The summed E-state index contributed by atoms with van der Waals surface area (Å²) in [5.74, 6) is -0.917. The molecule has 0 radical (unpaired) electrons. The quantitative estimate of drug-likeness (QED) is 0.259. The van der Waals surface area contributed by atoms with Gasteiger partial charge in [-0.1, -0.05) is 35.3 Å². The first kappa shape index (κ1) is 19.5. The van der Waals surface area contributed by atoms with Crippen LogP contribution >= 0.6 is 23.2 Å². The zero-order valence-electron chi connectivity index (χ0n) is 15.7. The predicted octanol–water partition coefficient (Wildman–Crippen LogP) is 7.44. The average Bonchev–Trinajstić information content (AvgIpc) is 3.09. The maximum absolute atomic E-state index is 13.6. The summed E-state index contributed by atoms with van der Waals surface area (Å²) in [5, 5.41) is 24.2. The fourth-order valence-electron chi connectivity index (χ4n) is 3.85. The molecule has 0 aliphatic rings. The Morgan fingerprint density at radius 2 is 1.74 bits per heavy atom. The number of amides is 1. The van der Waals surface area contributed by atoms with E-state index in [1.54, 1.807) is 12.1 Å². The highest BCUT2D eigenvalue weighted by atomic mass is 35.5. The minimum Gasteiger partial charge on any atom is -0.506 e. The number of benzene rings is 4. The molecule has 0 bridgehead atoms. The van der Waals surface area contributed by atoms with Crippen molar-refractivity contribution in [3.05, 3.63) is 76.5 Å². The Labute approximate surface area is 184 Å². The van der Waals surface area contributed by atoms with Crippen molar-refractivity contribution in [2.45, 2.75) is 0 Å². The zero-order chi connectivity index (χ0) is 21.9. The number of fused-ring (bicyclic) bond motifs is 5. The maximum atomic E-state index is 13.6. The van der Waals surface area contributed by atoms with Crippen LogP contribution < -0.4 is 4.90 Å². The molecule has 0 aliphatic carbocycles. The van der Waals surface area contributed by atoms with Crippen molar-refractivity contribution >= 4 is 73.2 Å². The first-order valence-electron chi connectivity index (χ1n) is 9.18. The van der Waals surface area contributed by atoms with E-state index in [9.17, 15) is 19.4 Å². The van der Waals surface area contributed by atoms with Crippen LogP contribution in [0.5, 0.6) is 5.75 Å². The number of phenolic OH excluding ortho intramolecular Hbond substituents is 1. The fourth-order valence-corrected chi connectivity index (χ4v) is 4.19. The van der Waals surface area contributed by atoms with E-state index in [1.807, 2.05) is 24.3 Å². The van der Waals surface area contributed by atoms with Crippen LogP contribution in [-0.4, -0.2) is 21.3 Å². The summed E-state index contributed by atoms with van der Waals surface area (Å²) < 4.78 is 13.6. The number of halogens is 3. The summed E-state index contributed by atoms with van der Waals surface area (Å²) in [6, 6.07) is 15.9. The average molecular weight is 455 g/mol. The molecule has 0 unspecified atom stereocenters. The lowest BCUT2D eigenvalue weighted by atomic mass is 10.0. The molecule has 31 heavy (non-hydrogen) atoms. The summed E-state index contributed by atoms with van der Waals surface area (Å²) in [6.07, 6.45) is -1.35. The van der Waals surface area contributed by atoms with Crippen molar-refractivity contribution in [1.29, 1.82) is 0 Å². The van der Waals surface area contributed by atoms with Crippen LogP contribution in [0.25, 0.3) is 32.6 Å². The minimum absolute atomic E-state index is 0.0289. The second-order valence-corrected chi connectivity index (χ2v) is 7.93. The van der Waals surface area contributed by atoms with Crippen molar-refractivity contribution in [2.75, 3.05) is 4.90 Å². The SMILES string of the molecule is O=C(O)N(c1ccc(F)c(Cl)c1)c1cc2ccc3c4cc(Cl)ccc4[nH]c3c2cc1O. The van der Waals surface area contributed by atoms with Gasteiger partial charge in [0.05, 0.1) is 21.9 Å². The third-order valence-electron chi connectivity index (χ3n) is 5.24. The molecule has 0 saturated heterocycles. The summed E-state index contributed by atoms with van der Waals surface area (Å²) >= 11 is 12.0. The third kappa shape index (κ3) is 3.12. The molecular formula is C23H13Cl2FN2O3. The summed E-state index contributed by atoms with van der Waals surface area (Å²) in [7, 11) is 0. The van der Waals surface area contributed by atoms with Crippen LogP contribution in [0.2, 0.25) is 10.0 Å². The largest absolute Gasteiger partial charge is 0.506 e. The molecule has 0 spiro atoms. The standard InChI is InChI=1S/C23H13Cl2FN2O3/c24-12-2-6-19-16(8-12)14-4-1-11-7-20(21(29)10-15(11)22(14)27-19)28(23(30)31)13-3-5-18(26)17(25)9-13/h1-10,27,29H,(H,30,31). The van der Waals surface area contributed by atoms with Crippen LogP contribution in [0.3, 0.4) is 0 Å². The number of hydrogen-bond donors (Lipinski definition) is 3. The van der Waals surface area contributed by atoms with Gasteiger partial charge in [0.25, 0.3) is 0 Å². The van der Waals surface area contributed by atoms with Gasteiger partial charge in [0.2, 0.25) is 0 Å². The second-order valence-electron chi connectivity index (χ2n) is 7.08. The van der Waals surface area contributed by atoms with Crippen LogP contribution in [0.15, 0.2) is 60.7 Å². The minimum atomic E-state index is -1.35. The number of carboxylic acid groups (broad SMARTS) is 1. The van der Waals surface area contributed by atoms with E-state index in [2.05, 4.69) is 4.98 Å². The summed E-state index contributed by atoms with van der Waals surface area (Å²) in [4.78, 5) is 16.2. The molecule has 5 aromatic rings. The first-order chi connectivity index (χ1) is 14.8. The highest BCUT2D eigenvalue weighted by molar-refractivity contribution is 6.32. The number of aromatic hydroxyl groups is 1. The number of aromatic amines is 1. The van der Waals surface area contributed by atoms with Gasteiger partial charge in [0.15, 0.2) is 0 Å². The molecule has 0 saturated carbocycles. The molecule has 5 nitrogen and oxygen atoms in total. The van der Waals surface area contributed by atoms with Crippen LogP contribution in [0.4, 0.5) is 20.6 Å². The highest BCUT2D eigenvalue weighted by Gasteiger charge is 2.22. The van der Waals surface area contributed by atoms with E-state index in [1.165, 1.54) is 18.2 Å².